The molecule has 0 aliphatic heterocycles. The number of amides is 1. The van der Waals surface area contributed by atoms with Crippen LogP contribution in [0.1, 0.15) is 11.1 Å². The summed E-state index contributed by atoms with van der Waals surface area (Å²) in [6, 6.07) is 18.7. The van der Waals surface area contributed by atoms with Gasteiger partial charge in [0.25, 0.3) is 5.91 Å². The molecule has 4 rings (SSSR count). The quantitative estimate of drug-likeness (QED) is 0.532. The maximum Gasteiger partial charge on any atom is 0.336 e. The summed E-state index contributed by atoms with van der Waals surface area (Å²) in [4.78, 5) is 23.8. The van der Waals surface area contributed by atoms with E-state index in [1.807, 2.05) is 56.3 Å². The fraction of sp³-hybridized carbons (Fsp3) is 0.130. The molecule has 28 heavy (non-hydrogen) atoms. The van der Waals surface area contributed by atoms with E-state index in [1.165, 1.54) is 6.07 Å². The number of carbonyl (C=O) groups is 1. The highest BCUT2D eigenvalue weighted by atomic mass is 16.5. The van der Waals surface area contributed by atoms with Gasteiger partial charge in [-0.25, -0.2) is 4.79 Å². The minimum absolute atomic E-state index is 0.116. The van der Waals surface area contributed by atoms with Gasteiger partial charge in [-0.15, -0.1) is 0 Å². The van der Waals surface area contributed by atoms with Crippen molar-refractivity contribution in [2.24, 2.45) is 0 Å². The maximum absolute atomic E-state index is 12.3. The van der Waals surface area contributed by atoms with Gasteiger partial charge in [0.05, 0.1) is 0 Å². The van der Waals surface area contributed by atoms with Crippen LogP contribution in [-0.4, -0.2) is 12.5 Å². The zero-order valence-electron chi connectivity index (χ0n) is 15.6. The number of anilines is 1. The zero-order chi connectivity index (χ0) is 19.7. The average molecular weight is 373 g/mol. The van der Waals surface area contributed by atoms with Gasteiger partial charge in [-0.05, 0) is 60.0 Å². The summed E-state index contributed by atoms with van der Waals surface area (Å²) >= 11 is 0. The summed E-state index contributed by atoms with van der Waals surface area (Å²) in [5.41, 5.74) is 2.44. The van der Waals surface area contributed by atoms with Gasteiger partial charge < -0.3 is 14.5 Å². The molecule has 3 aromatic carbocycles. The molecule has 5 heteroatoms. The van der Waals surface area contributed by atoms with E-state index in [2.05, 4.69) is 5.32 Å². The zero-order valence-corrected chi connectivity index (χ0v) is 15.6. The summed E-state index contributed by atoms with van der Waals surface area (Å²) < 4.78 is 10.9. The molecule has 1 heterocycles. The smallest absolute Gasteiger partial charge is 0.336 e. The van der Waals surface area contributed by atoms with Crippen molar-refractivity contribution in [2.75, 3.05) is 11.9 Å². The first kappa shape index (κ1) is 17.8. The number of nitrogens with one attached hydrogen (secondary N) is 1. The van der Waals surface area contributed by atoms with E-state index in [9.17, 15) is 9.59 Å². The molecule has 0 saturated heterocycles. The number of hydrogen-bond donors (Lipinski definition) is 1. The lowest BCUT2D eigenvalue weighted by Crippen LogP contribution is -2.20. The van der Waals surface area contributed by atoms with Crippen molar-refractivity contribution in [3.63, 3.8) is 0 Å². The third-order valence-corrected chi connectivity index (χ3v) is 4.64. The van der Waals surface area contributed by atoms with E-state index >= 15 is 0 Å². The molecule has 0 atom stereocenters. The number of rotatable bonds is 4. The first-order valence-electron chi connectivity index (χ1n) is 8.96. The fourth-order valence-corrected chi connectivity index (χ4v) is 3.21. The van der Waals surface area contributed by atoms with Crippen LogP contribution in [0.4, 0.5) is 5.69 Å². The third kappa shape index (κ3) is 3.60. The number of aryl methyl sites for hydroxylation is 2. The lowest BCUT2D eigenvalue weighted by Gasteiger charge is -2.11. The summed E-state index contributed by atoms with van der Waals surface area (Å²) in [6.45, 7) is 3.57. The largest absolute Gasteiger partial charge is 0.483 e. The predicted octanol–water partition coefficient (Wildman–Crippen LogP) is 4.58. The third-order valence-electron chi connectivity index (χ3n) is 4.64. The molecule has 0 fully saturated rings. The van der Waals surface area contributed by atoms with Crippen LogP contribution in [0, 0.1) is 13.8 Å². The van der Waals surface area contributed by atoms with Crippen LogP contribution >= 0.6 is 0 Å². The SMILES string of the molecule is Cc1cc2oc(=O)cc(C)c2cc1OCC(=O)Nc1ccc2ccccc2c1. The second kappa shape index (κ2) is 7.19. The molecule has 1 aromatic heterocycles. The Morgan fingerprint density at radius 2 is 1.75 bits per heavy atom. The summed E-state index contributed by atoms with van der Waals surface area (Å²) in [7, 11) is 0. The molecule has 0 aliphatic carbocycles. The van der Waals surface area contributed by atoms with Crippen LogP contribution in [0.25, 0.3) is 21.7 Å². The number of fused-ring (bicyclic) bond motifs is 2. The second-order valence-electron chi connectivity index (χ2n) is 6.76. The van der Waals surface area contributed by atoms with Crippen LogP contribution in [0.2, 0.25) is 0 Å². The number of ether oxygens (including phenoxy) is 1. The fourth-order valence-electron chi connectivity index (χ4n) is 3.21. The Hall–Kier alpha value is -3.60. The average Bonchev–Trinajstić information content (AvgIpc) is 2.66. The van der Waals surface area contributed by atoms with Gasteiger partial charge in [0, 0.05) is 17.1 Å². The Morgan fingerprint density at radius 3 is 2.57 bits per heavy atom. The van der Waals surface area contributed by atoms with Crippen molar-refractivity contribution in [1.29, 1.82) is 0 Å². The molecule has 4 aromatic rings. The van der Waals surface area contributed by atoms with Crippen LogP contribution in [0.15, 0.2) is 69.9 Å². The van der Waals surface area contributed by atoms with Gasteiger partial charge in [0.1, 0.15) is 11.3 Å². The summed E-state index contributed by atoms with van der Waals surface area (Å²) in [5, 5.41) is 5.82. The van der Waals surface area contributed by atoms with Crippen molar-refractivity contribution < 1.29 is 13.9 Å². The monoisotopic (exact) mass is 373 g/mol. The number of benzene rings is 3. The molecule has 1 amide bonds. The van der Waals surface area contributed by atoms with Gasteiger partial charge in [-0.3, -0.25) is 4.79 Å². The van der Waals surface area contributed by atoms with Gasteiger partial charge in [-0.2, -0.15) is 0 Å². The maximum atomic E-state index is 12.3. The Kier molecular flexibility index (Phi) is 4.57. The second-order valence-corrected chi connectivity index (χ2v) is 6.76. The van der Waals surface area contributed by atoms with E-state index < -0.39 is 0 Å². The topological polar surface area (TPSA) is 68.5 Å². The number of hydrogen-bond acceptors (Lipinski definition) is 4. The normalized spacial score (nSPS) is 10.9. The molecule has 1 N–H and O–H groups in total. The van der Waals surface area contributed by atoms with E-state index in [4.69, 9.17) is 9.15 Å². The van der Waals surface area contributed by atoms with Gasteiger partial charge in [-0.1, -0.05) is 30.3 Å². The highest BCUT2D eigenvalue weighted by Crippen LogP contribution is 2.27. The molecule has 0 aliphatic rings. The molecule has 0 saturated carbocycles. The highest BCUT2D eigenvalue weighted by Gasteiger charge is 2.10. The first-order chi connectivity index (χ1) is 13.5. The van der Waals surface area contributed by atoms with Crippen molar-refractivity contribution in [2.45, 2.75) is 13.8 Å². The number of carbonyl (C=O) groups excluding carboxylic acids is 1. The summed E-state index contributed by atoms with van der Waals surface area (Å²) in [6.07, 6.45) is 0. The van der Waals surface area contributed by atoms with Crippen LogP contribution in [0.3, 0.4) is 0 Å². The van der Waals surface area contributed by atoms with Crippen molar-refractivity contribution >= 4 is 33.3 Å². The van der Waals surface area contributed by atoms with Gasteiger partial charge >= 0.3 is 5.63 Å². The standard InChI is InChI=1S/C23H19NO4/c1-14-10-23(26)28-21-9-15(2)20(12-19(14)21)27-13-22(25)24-18-8-7-16-5-3-4-6-17(16)11-18/h3-12H,13H2,1-2H3,(H,24,25). The molecular weight excluding hydrogens is 354 g/mol. The summed E-state index contributed by atoms with van der Waals surface area (Å²) in [5.74, 6) is 0.337. The van der Waals surface area contributed by atoms with Crippen molar-refractivity contribution in [3.8, 4) is 5.75 Å². The Labute approximate surface area is 161 Å². The molecular formula is C23H19NO4. The van der Waals surface area contributed by atoms with Crippen LogP contribution in [0.5, 0.6) is 5.75 Å². The minimum Gasteiger partial charge on any atom is -0.483 e. The minimum atomic E-state index is -0.382. The molecule has 0 spiro atoms. The van der Waals surface area contributed by atoms with Crippen molar-refractivity contribution in [1.82, 2.24) is 0 Å². The lowest BCUT2D eigenvalue weighted by molar-refractivity contribution is -0.118. The predicted molar refractivity (Wildman–Crippen MR) is 110 cm³/mol. The molecule has 5 nitrogen and oxygen atoms in total. The Morgan fingerprint density at radius 1 is 0.964 bits per heavy atom. The lowest BCUT2D eigenvalue weighted by atomic mass is 10.1. The van der Waals surface area contributed by atoms with E-state index in [0.717, 1.165) is 33.0 Å². The molecule has 140 valence electrons. The van der Waals surface area contributed by atoms with Gasteiger partial charge in [0.15, 0.2) is 6.61 Å². The Bertz CT molecular complexity index is 1260. The van der Waals surface area contributed by atoms with Crippen LogP contribution < -0.4 is 15.7 Å². The van der Waals surface area contributed by atoms with E-state index in [-0.39, 0.29) is 18.1 Å². The van der Waals surface area contributed by atoms with Crippen molar-refractivity contribution in [3.05, 3.63) is 82.2 Å². The molecule has 0 radical (unpaired) electrons. The molecule has 0 unspecified atom stereocenters. The highest BCUT2D eigenvalue weighted by molar-refractivity contribution is 5.95. The molecule has 0 bridgehead atoms. The Balaban J connectivity index is 1.49. The van der Waals surface area contributed by atoms with Gasteiger partial charge in [0.2, 0.25) is 0 Å². The first-order valence-corrected chi connectivity index (χ1v) is 8.96. The van der Waals surface area contributed by atoms with E-state index in [0.29, 0.717) is 11.3 Å². The van der Waals surface area contributed by atoms with Crippen LogP contribution in [-0.2, 0) is 4.79 Å². The van der Waals surface area contributed by atoms with E-state index in [1.54, 1.807) is 12.1 Å².